The highest BCUT2D eigenvalue weighted by molar-refractivity contribution is 5.95. The smallest absolute Gasteiger partial charge is 0.119 e. The van der Waals surface area contributed by atoms with Crippen molar-refractivity contribution in [3.8, 4) is 16.9 Å². The van der Waals surface area contributed by atoms with Crippen LogP contribution in [0.25, 0.3) is 11.1 Å². The molecule has 2 aromatic rings. The first-order chi connectivity index (χ1) is 17.1. The van der Waals surface area contributed by atoms with Crippen molar-refractivity contribution in [1.29, 1.82) is 0 Å². The molecule has 35 heavy (non-hydrogen) atoms. The molecule has 2 aromatic carbocycles. The average molecular weight is 482 g/mol. The number of hydrogen-bond donors (Lipinski definition) is 0. The van der Waals surface area contributed by atoms with E-state index in [1.807, 2.05) is 30.3 Å². The summed E-state index contributed by atoms with van der Waals surface area (Å²) >= 11 is 0. The fourth-order valence-corrected chi connectivity index (χ4v) is 4.47. The third kappa shape index (κ3) is 10.0. The summed E-state index contributed by atoms with van der Waals surface area (Å²) in [4.78, 5) is 11.8. The second-order valence-electron chi connectivity index (χ2n) is 9.38. The monoisotopic (exact) mass is 481 g/mol. The number of unbranched alkanes of at least 4 members (excludes halogenated alkanes) is 9. The number of carbonyl (C=O) groups is 1. The van der Waals surface area contributed by atoms with E-state index in [-0.39, 0.29) is 11.7 Å². The van der Waals surface area contributed by atoms with Crippen LogP contribution in [0.5, 0.6) is 5.75 Å². The highest BCUT2D eigenvalue weighted by atomic mass is 16.5. The van der Waals surface area contributed by atoms with Crippen molar-refractivity contribution >= 4 is 5.97 Å². The molecule has 0 bridgehead atoms. The van der Waals surface area contributed by atoms with Crippen molar-refractivity contribution in [2.24, 2.45) is 0 Å². The van der Waals surface area contributed by atoms with Crippen LogP contribution in [0.4, 0.5) is 0 Å². The highest BCUT2D eigenvalue weighted by Gasteiger charge is 2.19. The van der Waals surface area contributed by atoms with Crippen molar-refractivity contribution in [2.75, 3.05) is 13.2 Å². The van der Waals surface area contributed by atoms with Crippen LogP contribution in [0.2, 0.25) is 0 Å². The highest BCUT2D eigenvalue weighted by Crippen LogP contribution is 2.36. The van der Waals surface area contributed by atoms with Gasteiger partial charge in [0, 0.05) is 12.2 Å². The van der Waals surface area contributed by atoms with Gasteiger partial charge in [-0.3, -0.25) is 0 Å². The van der Waals surface area contributed by atoms with Crippen molar-refractivity contribution in [2.45, 2.75) is 104 Å². The number of benzene rings is 2. The number of ether oxygens (including phenoxy) is 2. The third-order valence-electron chi connectivity index (χ3n) is 6.51. The molecular weight excluding hydrogens is 436 g/mol. The molecule has 194 valence electrons. The second kappa shape index (κ2) is 17.2. The minimum atomic E-state index is -1.17. The number of aromatic carboxylic acids is 1. The van der Waals surface area contributed by atoms with Crippen molar-refractivity contribution in [1.82, 2.24) is 0 Å². The van der Waals surface area contributed by atoms with Crippen LogP contribution in [-0.4, -0.2) is 19.2 Å². The summed E-state index contributed by atoms with van der Waals surface area (Å²) in [5.41, 5.74) is 2.71. The largest absolute Gasteiger partial charge is 0.545 e. The van der Waals surface area contributed by atoms with Gasteiger partial charge < -0.3 is 19.4 Å². The molecule has 0 aliphatic rings. The van der Waals surface area contributed by atoms with Crippen LogP contribution < -0.4 is 9.84 Å². The maximum atomic E-state index is 11.8. The van der Waals surface area contributed by atoms with Crippen LogP contribution in [0.1, 0.15) is 120 Å². The molecule has 0 heterocycles. The van der Waals surface area contributed by atoms with Crippen LogP contribution in [0, 0.1) is 0 Å². The Balaban J connectivity index is 2.18. The van der Waals surface area contributed by atoms with Crippen molar-refractivity contribution in [3.63, 3.8) is 0 Å². The second-order valence-corrected chi connectivity index (χ2v) is 9.38. The quantitative estimate of drug-likeness (QED) is 0.191. The van der Waals surface area contributed by atoms with Gasteiger partial charge in [-0.25, -0.2) is 0 Å². The minimum Gasteiger partial charge on any atom is -0.545 e. The number of rotatable bonds is 19. The molecule has 2 rings (SSSR count). The summed E-state index contributed by atoms with van der Waals surface area (Å²) in [6.07, 6.45) is 14.0. The molecule has 0 aliphatic heterocycles. The lowest BCUT2D eigenvalue weighted by molar-refractivity contribution is -0.254. The summed E-state index contributed by atoms with van der Waals surface area (Å²) in [6.45, 7) is 7.95. The lowest BCUT2D eigenvalue weighted by Gasteiger charge is -2.23. The third-order valence-corrected chi connectivity index (χ3v) is 6.51. The van der Waals surface area contributed by atoms with E-state index >= 15 is 0 Å². The fraction of sp³-hybridized carbons (Fsp3) is 0.581. The zero-order chi connectivity index (χ0) is 25.3. The van der Waals surface area contributed by atoms with Crippen LogP contribution in [-0.2, 0) is 4.74 Å². The van der Waals surface area contributed by atoms with Gasteiger partial charge in [-0.1, -0.05) is 109 Å². The van der Waals surface area contributed by atoms with Gasteiger partial charge >= 0.3 is 0 Å². The Labute approximate surface area is 213 Å². The van der Waals surface area contributed by atoms with Crippen LogP contribution in [0.3, 0.4) is 0 Å². The SMILES string of the molecule is CCCCCCCCOc1ccc(-c2ccccc2C(=O)[O-])c(C(CC)OCCCCCCC)c1. The van der Waals surface area contributed by atoms with E-state index in [4.69, 9.17) is 9.47 Å². The van der Waals surface area contributed by atoms with Gasteiger partial charge in [0.25, 0.3) is 0 Å². The molecule has 0 N–H and O–H groups in total. The molecule has 4 nitrogen and oxygen atoms in total. The Hall–Kier alpha value is -2.33. The van der Waals surface area contributed by atoms with Gasteiger partial charge in [0.2, 0.25) is 0 Å². The van der Waals surface area contributed by atoms with Gasteiger partial charge in [0.1, 0.15) is 5.75 Å². The molecule has 0 amide bonds. The Kier molecular flexibility index (Phi) is 14.2. The molecule has 0 aliphatic carbocycles. The summed E-state index contributed by atoms with van der Waals surface area (Å²) < 4.78 is 12.4. The molecule has 0 radical (unpaired) electrons. The standard InChI is InChI=1S/C31H46O4/c1-4-7-9-11-13-16-22-34-25-20-21-27(26-18-14-15-19-28(26)31(32)33)29(24-25)30(6-3)35-23-17-12-10-8-5-2/h14-15,18-21,24,30H,4-13,16-17,22-23H2,1-3H3,(H,32,33)/p-1. The maximum Gasteiger partial charge on any atom is 0.119 e. The number of carboxylic acids is 1. The molecule has 0 saturated carbocycles. The van der Waals surface area contributed by atoms with Gasteiger partial charge in [0.05, 0.1) is 18.7 Å². The average Bonchev–Trinajstić information content (AvgIpc) is 2.88. The number of carboxylic acid groups (broad SMARTS) is 1. The normalized spacial score (nSPS) is 12.0. The van der Waals surface area contributed by atoms with Gasteiger partial charge in [-0.05, 0) is 48.1 Å². The zero-order valence-corrected chi connectivity index (χ0v) is 22.2. The Morgan fingerprint density at radius 2 is 1.40 bits per heavy atom. The summed E-state index contributed by atoms with van der Waals surface area (Å²) in [6, 6.07) is 13.0. The summed E-state index contributed by atoms with van der Waals surface area (Å²) in [5, 5.41) is 11.8. The first kappa shape index (κ1) is 28.9. The van der Waals surface area contributed by atoms with Gasteiger partial charge in [-0.15, -0.1) is 0 Å². The molecular formula is C31H45O4-. The minimum absolute atomic E-state index is 0.122. The van der Waals surface area contributed by atoms with E-state index in [1.54, 1.807) is 12.1 Å². The summed E-state index contributed by atoms with van der Waals surface area (Å²) in [5.74, 6) is -0.354. The van der Waals surface area contributed by atoms with E-state index < -0.39 is 5.97 Å². The predicted octanol–water partition coefficient (Wildman–Crippen LogP) is 7.89. The topological polar surface area (TPSA) is 58.6 Å². The van der Waals surface area contributed by atoms with Gasteiger partial charge in [-0.2, -0.15) is 0 Å². The lowest BCUT2D eigenvalue weighted by Crippen LogP contribution is -2.23. The number of hydrogen-bond acceptors (Lipinski definition) is 4. The molecule has 0 saturated heterocycles. The summed E-state index contributed by atoms with van der Waals surface area (Å²) in [7, 11) is 0. The first-order valence-corrected chi connectivity index (χ1v) is 13.8. The fourth-order valence-electron chi connectivity index (χ4n) is 4.47. The molecule has 0 spiro atoms. The molecule has 1 atom stereocenters. The Morgan fingerprint density at radius 1 is 0.771 bits per heavy atom. The van der Waals surface area contributed by atoms with E-state index in [2.05, 4.69) is 20.8 Å². The van der Waals surface area contributed by atoms with E-state index in [0.717, 1.165) is 36.1 Å². The van der Waals surface area contributed by atoms with Crippen LogP contribution in [0.15, 0.2) is 42.5 Å². The molecule has 4 heteroatoms. The van der Waals surface area contributed by atoms with E-state index in [1.165, 1.54) is 57.8 Å². The Morgan fingerprint density at radius 3 is 2.06 bits per heavy atom. The van der Waals surface area contributed by atoms with Crippen molar-refractivity contribution < 1.29 is 19.4 Å². The zero-order valence-electron chi connectivity index (χ0n) is 22.2. The lowest BCUT2D eigenvalue weighted by atomic mass is 9.91. The van der Waals surface area contributed by atoms with E-state index in [0.29, 0.717) is 18.8 Å². The molecule has 0 fully saturated rings. The number of carbonyl (C=O) groups excluding carboxylic acids is 1. The van der Waals surface area contributed by atoms with E-state index in [9.17, 15) is 9.90 Å². The maximum absolute atomic E-state index is 11.8. The molecule has 0 aromatic heterocycles. The van der Waals surface area contributed by atoms with Gasteiger partial charge in [0.15, 0.2) is 0 Å². The molecule has 1 unspecified atom stereocenters. The van der Waals surface area contributed by atoms with Crippen LogP contribution >= 0.6 is 0 Å². The van der Waals surface area contributed by atoms with Crippen molar-refractivity contribution in [3.05, 3.63) is 53.6 Å². The first-order valence-electron chi connectivity index (χ1n) is 13.8. The predicted molar refractivity (Wildman–Crippen MR) is 143 cm³/mol. The Bertz CT molecular complexity index is 861.